The zero-order valence-corrected chi connectivity index (χ0v) is 12.0. The molecule has 0 atom stereocenters. The van der Waals surface area contributed by atoms with Crippen LogP contribution in [0.4, 0.5) is 0 Å². The predicted octanol–water partition coefficient (Wildman–Crippen LogP) is 5.44. The molecule has 0 unspecified atom stereocenters. The summed E-state index contributed by atoms with van der Waals surface area (Å²) >= 11 is 13.6. The minimum absolute atomic E-state index is 0.0967. The minimum atomic E-state index is -0.0967. The second kappa shape index (κ2) is 4.97. The number of hydrogen-bond acceptors (Lipinski definition) is 2. The van der Waals surface area contributed by atoms with Gasteiger partial charge in [0.25, 0.3) is 0 Å². The third-order valence-corrected chi connectivity index (χ3v) is 4.70. The van der Waals surface area contributed by atoms with E-state index in [1.165, 1.54) is 0 Å². The Bertz CT molecular complexity index is 777. The number of thiophene rings is 1. The van der Waals surface area contributed by atoms with E-state index >= 15 is 0 Å². The van der Waals surface area contributed by atoms with Gasteiger partial charge in [0, 0.05) is 15.8 Å². The van der Waals surface area contributed by atoms with Gasteiger partial charge in [0.15, 0.2) is 5.78 Å². The van der Waals surface area contributed by atoms with E-state index in [2.05, 4.69) is 0 Å². The van der Waals surface area contributed by atoms with Gasteiger partial charge in [-0.15, -0.1) is 11.3 Å². The highest BCUT2D eigenvalue weighted by molar-refractivity contribution is 7.17. The van der Waals surface area contributed by atoms with E-state index in [1.54, 1.807) is 29.5 Å². The van der Waals surface area contributed by atoms with Gasteiger partial charge in [0.05, 0.1) is 10.0 Å². The van der Waals surface area contributed by atoms with Crippen LogP contribution in [0.2, 0.25) is 10.0 Å². The molecule has 4 heteroatoms. The predicted molar refractivity (Wildman–Crippen MR) is 81.7 cm³/mol. The highest BCUT2D eigenvalue weighted by Crippen LogP contribution is 2.31. The van der Waals surface area contributed by atoms with Gasteiger partial charge >= 0.3 is 0 Å². The summed E-state index contributed by atoms with van der Waals surface area (Å²) in [4.78, 5) is 12.6. The van der Waals surface area contributed by atoms with Crippen molar-refractivity contribution >= 4 is 50.4 Å². The van der Waals surface area contributed by atoms with E-state index in [1.807, 2.05) is 29.6 Å². The lowest BCUT2D eigenvalue weighted by molar-refractivity contribution is 0.104. The number of ketones is 1. The Hall–Kier alpha value is -1.35. The van der Waals surface area contributed by atoms with Gasteiger partial charge in [-0.3, -0.25) is 4.79 Å². The van der Waals surface area contributed by atoms with Gasteiger partial charge in [0.2, 0.25) is 0 Å². The highest BCUT2D eigenvalue weighted by Gasteiger charge is 2.17. The van der Waals surface area contributed by atoms with Crippen molar-refractivity contribution in [1.29, 1.82) is 0 Å². The van der Waals surface area contributed by atoms with Crippen LogP contribution in [0.15, 0.2) is 47.8 Å². The Morgan fingerprint density at radius 1 is 0.947 bits per heavy atom. The monoisotopic (exact) mass is 306 g/mol. The van der Waals surface area contributed by atoms with Crippen molar-refractivity contribution in [3.05, 3.63) is 69.0 Å². The van der Waals surface area contributed by atoms with Gasteiger partial charge in [-0.25, -0.2) is 0 Å². The minimum Gasteiger partial charge on any atom is -0.288 e. The second-order valence-electron chi connectivity index (χ2n) is 4.08. The van der Waals surface area contributed by atoms with E-state index in [4.69, 9.17) is 23.2 Å². The Balaban J connectivity index is 2.19. The summed E-state index contributed by atoms with van der Waals surface area (Å²) in [6.45, 7) is 0. The Morgan fingerprint density at radius 2 is 1.68 bits per heavy atom. The Labute approximate surface area is 124 Å². The van der Waals surface area contributed by atoms with Crippen LogP contribution < -0.4 is 0 Å². The molecule has 1 aromatic heterocycles. The molecule has 0 aliphatic rings. The van der Waals surface area contributed by atoms with Gasteiger partial charge in [-0.2, -0.15) is 0 Å². The first kappa shape index (κ1) is 12.7. The number of rotatable bonds is 2. The number of carbonyl (C=O) groups excluding carboxylic acids is 1. The van der Waals surface area contributed by atoms with E-state index in [-0.39, 0.29) is 5.78 Å². The maximum Gasteiger partial charge on any atom is 0.196 e. The molecule has 0 spiro atoms. The molecule has 0 bridgehead atoms. The van der Waals surface area contributed by atoms with Crippen LogP contribution in [0.1, 0.15) is 15.9 Å². The molecule has 19 heavy (non-hydrogen) atoms. The summed E-state index contributed by atoms with van der Waals surface area (Å²) in [5.74, 6) is -0.0967. The molecule has 0 aliphatic carbocycles. The van der Waals surface area contributed by atoms with Gasteiger partial charge in [0.1, 0.15) is 0 Å². The molecule has 0 N–H and O–H groups in total. The maximum atomic E-state index is 12.6. The zero-order chi connectivity index (χ0) is 13.4. The van der Waals surface area contributed by atoms with Crippen molar-refractivity contribution in [1.82, 2.24) is 0 Å². The lowest BCUT2D eigenvalue weighted by Crippen LogP contribution is -2.02. The number of fused-ring (bicyclic) bond motifs is 1. The number of benzene rings is 2. The first-order valence-corrected chi connectivity index (χ1v) is 7.27. The van der Waals surface area contributed by atoms with E-state index in [0.29, 0.717) is 21.2 Å². The summed E-state index contributed by atoms with van der Waals surface area (Å²) in [5, 5.41) is 3.74. The normalized spacial score (nSPS) is 10.8. The molecule has 0 saturated heterocycles. The molecule has 3 rings (SSSR count). The lowest BCUT2D eigenvalue weighted by atomic mass is 10.0. The maximum absolute atomic E-state index is 12.6. The fourth-order valence-electron chi connectivity index (χ4n) is 2.00. The number of halogens is 2. The van der Waals surface area contributed by atoms with Crippen molar-refractivity contribution in [3.63, 3.8) is 0 Å². The third kappa shape index (κ3) is 2.16. The third-order valence-electron chi connectivity index (χ3n) is 2.92. The van der Waals surface area contributed by atoms with Gasteiger partial charge in [-0.1, -0.05) is 41.4 Å². The fraction of sp³-hybridized carbons (Fsp3) is 0. The molecular weight excluding hydrogens is 299 g/mol. The molecule has 1 nitrogen and oxygen atoms in total. The molecule has 0 radical (unpaired) electrons. The standard InChI is InChI=1S/C15H8Cl2OS/c16-12-6-2-4-10(13(12)17)14(18)11-5-1-3-9-7-8-19-15(9)11/h1-8H. The second-order valence-corrected chi connectivity index (χ2v) is 5.78. The van der Waals surface area contributed by atoms with Crippen molar-refractivity contribution in [2.75, 3.05) is 0 Å². The SMILES string of the molecule is O=C(c1cccc(Cl)c1Cl)c1cccc2ccsc12. The van der Waals surface area contributed by atoms with E-state index in [9.17, 15) is 4.79 Å². The van der Waals surface area contributed by atoms with Crippen molar-refractivity contribution in [3.8, 4) is 0 Å². The van der Waals surface area contributed by atoms with Gasteiger partial charge < -0.3 is 0 Å². The smallest absolute Gasteiger partial charge is 0.196 e. The molecule has 0 aliphatic heterocycles. The van der Waals surface area contributed by atoms with Crippen molar-refractivity contribution < 1.29 is 4.79 Å². The van der Waals surface area contributed by atoms with Crippen LogP contribution in [-0.2, 0) is 0 Å². The molecule has 94 valence electrons. The van der Waals surface area contributed by atoms with Crippen LogP contribution in [0.25, 0.3) is 10.1 Å². The topological polar surface area (TPSA) is 17.1 Å². The first-order chi connectivity index (χ1) is 9.18. The zero-order valence-electron chi connectivity index (χ0n) is 9.69. The van der Waals surface area contributed by atoms with Crippen LogP contribution in [0, 0.1) is 0 Å². The van der Waals surface area contributed by atoms with Crippen LogP contribution in [0.5, 0.6) is 0 Å². The fourth-order valence-corrected chi connectivity index (χ4v) is 3.29. The summed E-state index contributed by atoms with van der Waals surface area (Å²) in [7, 11) is 0. The summed E-state index contributed by atoms with van der Waals surface area (Å²) < 4.78 is 0.976. The highest BCUT2D eigenvalue weighted by atomic mass is 35.5. The average Bonchev–Trinajstić information content (AvgIpc) is 2.89. The Morgan fingerprint density at radius 3 is 2.53 bits per heavy atom. The van der Waals surface area contributed by atoms with Crippen LogP contribution >= 0.6 is 34.5 Å². The first-order valence-electron chi connectivity index (χ1n) is 5.63. The molecule has 1 heterocycles. The molecule has 0 fully saturated rings. The summed E-state index contributed by atoms with van der Waals surface area (Å²) in [5.41, 5.74) is 1.10. The van der Waals surface area contributed by atoms with Gasteiger partial charge in [-0.05, 0) is 35.0 Å². The van der Waals surface area contributed by atoms with Crippen LogP contribution in [-0.4, -0.2) is 5.78 Å². The Kier molecular flexibility index (Phi) is 3.31. The quantitative estimate of drug-likeness (QED) is 0.576. The molecule has 0 amide bonds. The molecule has 2 aromatic carbocycles. The summed E-state index contributed by atoms with van der Waals surface area (Å²) in [6.07, 6.45) is 0. The average molecular weight is 307 g/mol. The number of carbonyl (C=O) groups is 1. The molecular formula is C15H8Cl2OS. The molecule has 0 saturated carbocycles. The largest absolute Gasteiger partial charge is 0.288 e. The number of hydrogen-bond donors (Lipinski definition) is 0. The van der Waals surface area contributed by atoms with Crippen molar-refractivity contribution in [2.24, 2.45) is 0 Å². The lowest BCUT2D eigenvalue weighted by Gasteiger charge is -2.06. The van der Waals surface area contributed by atoms with Crippen molar-refractivity contribution in [2.45, 2.75) is 0 Å². The summed E-state index contributed by atoms with van der Waals surface area (Å²) in [6, 6.07) is 12.8. The van der Waals surface area contributed by atoms with E-state index in [0.717, 1.165) is 10.1 Å². The molecule has 3 aromatic rings. The van der Waals surface area contributed by atoms with Crippen LogP contribution in [0.3, 0.4) is 0 Å². The van der Waals surface area contributed by atoms with E-state index < -0.39 is 0 Å².